The molecule has 0 saturated carbocycles. The molecular weight excluding hydrogens is 410 g/mol. The molecule has 0 saturated heterocycles. The molecule has 2 heterocycles. The summed E-state index contributed by atoms with van der Waals surface area (Å²) < 4.78 is 2.49. The lowest BCUT2D eigenvalue weighted by atomic mass is 10.0. The highest BCUT2D eigenvalue weighted by molar-refractivity contribution is 7.26. The van der Waals surface area contributed by atoms with Crippen molar-refractivity contribution in [2.75, 3.05) is 0 Å². The summed E-state index contributed by atoms with van der Waals surface area (Å²) in [5.74, 6) is 2.07. The fourth-order valence-corrected chi connectivity index (χ4v) is 5.39. The molecule has 0 atom stereocenters. The first-order valence-corrected chi connectivity index (χ1v) is 11.4. The second kappa shape index (κ2) is 7.66. The van der Waals surface area contributed by atoms with Gasteiger partial charge in [0.25, 0.3) is 0 Å². The van der Waals surface area contributed by atoms with Gasteiger partial charge in [-0.05, 0) is 24.6 Å². The third kappa shape index (κ3) is 3.17. The molecule has 0 fully saturated rings. The van der Waals surface area contributed by atoms with Crippen molar-refractivity contribution in [2.24, 2.45) is 0 Å². The molecule has 32 heavy (non-hydrogen) atoms. The molecule has 152 valence electrons. The van der Waals surface area contributed by atoms with E-state index in [9.17, 15) is 0 Å². The number of hydrogen-bond donors (Lipinski definition) is 0. The Hall–Kier alpha value is -3.89. The summed E-state index contributed by atoms with van der Waals surface area (Å²) in [5.41, 5.74) is 4.27. The quantitative estimate of drug-likeness (QED) is 0.291. The number of benzene rings is 4. The third-order valence-corrected chi connectivity index (χ3v) is 6.88. The Morgan fingerprint density at radius 2 is 1.12 bits per heavy atom. The Morgan fingerprint density at radius 3 is 1.78 bits per heavy atom. The summed E-state index contributed by atoms with van der Waals surface area (Å²) in [7, 11) is 0. The van der Waals surface area contributed by atoms with Crippen molar-refractivity contribution in [3.8, 4) is 34.2 Å². The van der Waals surface area contributed by atoms with Crippen LogP contribution in [0.5, 0.6) is 0 Å². The summed E-state index contributed by atoms with van der Waals surface area (Å²) in [6.07, 6.45) is 0. The number of fused-ring (bicyclic) bond motifs is 3. The molecule has 3 nitrogen and oxygen atoms in total. The fraction of sp³-hybridized carbons (Fsp3) is 0.0357. The zero-order valence-corrected chi connectivity index (χ0v) is 18.3. The fourth-order valence-electron chi connectivity index (χ4n) is 4.10. The van der Waals surface area contributed by atoms with Crippen LogP contribution in [0.1, 0.15) is 5.56 Å². The van der Waals surface area contributed by atoms with Crippen molar-refractivity contribution >= 4 is 31.5 Å². The number of aromatic nitrogens is 3. The van der Waals surface area contributed by atoms with Crippen LogP contribution in [0.4, 0.5) is 0 Å². The predicted molar refractivity (Wildman–Crippen MR) is 134 cm³/mol. The van der Waals surface area contributed by atoms with E-state index in [1.165, 1.54) is 25.7 Å². The van der Waals surface area contributed by atoms with E-state index >= 15 is 0 Å². The van der Waals surface area contributed by atoms with Gasteiger partial charge in [0, 0.05) is 36.9 Å². The van der Waals surface area contributed by atoms with Gasteiger partial charge in [0.15, 0.2) is 17.5 Å². The van der Waals surface area contributed by atoms with Crippen LogP contribution in [0.15, 0.2) is 97.1 Å². The van der Waals surface area contributed by atoms with Crippen LogP contribution in [0.3, 0.4) is 0 Å². The molecule has 4 heteroatoms. The van der Waals surface area contributed by atoms with Crippen LogP contribution >= 0.6 is 11.3 Å². The number of nitrogens with zero attached hydrogens (tertiary/aromatic N) is 3. The van der Waals surface area contributed by atoms with Gasteiger partial charge < -0.3 is 0 Å². The standard InChI is InChI=1S/C28H19N3S/c1-18-16-17-22(25-24(18)21-14-8-9-15-23(21)32-25)28-30-26(19-10-4-2-5-11-19)29-27(31-28)20-12-6-3-7-13-20/h2-17H,1H3. The maximum Gasteiger partial charge on any atom is 0.165 e. The Morgan fingerprint density at radius 1 is 0.562 bits per heavy atom. The van der Waals surface area contributed by atoms with Crippen LogP contribution < -0.4 is 0 Å². The third-order valence-electron chi connectivity index (χ3n) is 5.67. The lowest BCUT2D eigenvalue weighted by Crippen LogP contribution is -2.00. The van der Waals surface area contributed by atoms with Gasteiger partial charge in [0.05, 0.1) is 0 Å². The van der Waals surface area contributed by atoms with Gasteiger partial charge in [-0.25, -0.2) is 15.0 Å². The summed E-state index contributed by atoms with van der Waals surface area (Å²) >= 11 is 1.80. The van der Waals surface area contributed by atoms with Gasteiger partial charge in [-0.3, -0.25) is 0 Å². The minimum absolute atomic E-state index is 0.685. The van der Waals surface area contributed by atoms with Gasteiger partial charge in [-0.15, -0.1) is 11.3 Å². The van der Waals surface area contributed by atoms with Gasteiger partial charge in [0.1, 0.15) is 0 Å². The molecule has 0 bridgehead atoms. The molecule has 2 aromatic heterocycles. The maximum atomic E-state index is 4.93. The summed E-state index contributed by atoms with van der Waals surface area (Å²) in [6.45, 7) is 2.17. The summed E-state index contributed by atoms with van der Waals surface area (Å²) in [6, 6.07) is 33.1. The van der Waals surface area contributed by atoms with Crippen LogP contribution in [0.25, 0.3) is 54.3 Å². The topological polar surface area (TPSA) is 38.7 Å². The van der Waals surface area contributed by atoms with Crippen molar-refractivity contribution in [1.29, 1.82) is 0 Å². The molecule has 0 spiro atoms. The first-order valence-electron chi connectivity index (χ1n) is 10.6. The second-order valence-corrected chi connectivity index (χ2v) is 8.82. The predicted octanol–water partition coefficient (Wildman–Crippen LogP) is 7.55. The number of rotatable bonds is 3. The number of thiophene rings is 1. The van der Waals surface area contributed by atoms with Crippen LogP contribution in [0, 0.1) is 6.92 Å². The van der Waals surface area contributed by atoms with Gasteiger partial charge >= 0.3 is 0 Å². The highest BCUT2D eigenvalue weighted by Gasteiger charge is 2.17. The van der Waals surface area contributed by atoms with Gasteiger partial charge in [-0.1, -0.05) is 84.9 Å². The molecule has 4 aromatic carbocycles. The van der Waals surface area contributed by atoms with Gasteiger partial charge in [0.2, 0.25) is 0 Å². The number of hydrogen-bond acceptors (Lipinski definition) is 4. The number of aryl methyl sites for hydroxylation is 1. The van der Waals surface area contributed by atoms with Crippen molar-refractivity contribution in [3.63, 3.8) is 0 Å². The van der Waals surface area contributed by atoms with E-state index in [0.29, 0.717) is 17.5 Å². The molecule has 0 radical (unpaired) electrons. The van der Waals surface area contributed by atoms with Crippen molar-refractivity contribution in [3.05, 3.63) is 103 Å². The molecule has 6 aromatic rings. The van der Waals surface area contributed by atoms with Crippen LogP contribution in [-0.2, 0) is 0 Å². The van der Waals surface area contributed by atoms with E-state index < -0.39 is 0 Å². The molecule has 0 aliphatic carbocycles. The highest BCUT2D eigenvalue weighted by atomic mass is 32.1. The van der Waals surface area contributed by atoms with Crippen molar-refractivity contribution in [2.45, 2.75) is 6.92 Å². The van der Waals surface area contributed by atoms with E-state index in [2.05, 4.69) is 43.3 Å². The Bertz CT molecular complexity index is 1510. The lowest BCUT2D eigenvalue weighted by Gasteiger charge is -2.09. The zero-order valence-electron chi connectivity index (χ0n) is 17.5. The monoisotopic (exact) mass is 429 g/mol. The Balaban J connectivity index is 1.65. The molecule has 6 rings (SSSR count). The smallest absolute Gasteiger partial charge is 0.165 e. The van der Waals surface area contributed by atoms with Crippen molar-refractivity contribution in [1.82, 2.24) is 15.0 Å². The Labute approximate surface area is 190 Å². The maximum absolute atomic E-state index is 4.93. The first kappa shape index (κ1) is 18.8. The largest absolute Gasteiger partial charge is 0.208 e. The summed E-state index contributed by atoms with van der Waals surface area (Å²) in [5, 5.41) is 2.57. The average Bonchev–Trinajstić information content (AvgIpc) is 3.25. The summed E-state index contributed by atoms with van der Waals surface area (Å²) in [4.78, 5) is 14.7. The SMILES string of the molecule is Cc1ccc(-c2nc(-c3ccccc3)nc(-c3ccccc3)n2)c2sc3ccccc3c12. The molecule has 0 aliphatic heterocycles. The normalized spacial score (nSPS) is 11.3. The minimum atomic E-state index is 0.685. The minimum Gasteiger partial charge on any atom is -0.208 e. The average molecular weight is 430 g/mol. The van der Waals surface area contributed by atoms with Gasteiger partial charge in [-0.2, -0.15) is 0 Å². The van der Waals surface area contributed by atoms with Crippen LogP contribution in [-0.4, -0.2) is 15.0 Å². The van der Waals surface area contributed by atoms with E-state index in [0.717, 1.165) is 16.7 Å². The van der Waals surface area contributed by atoms with Crippen molar-refractivity contribution < 1.29 is 0 Å². The van der Waals surface area contributed by atoms with E-state index in [-0.39, 0.29) is 0 Å². The van der Waals surface area contributed by atoms with E-state index in [4.69, 9.17) is 15.0 Å². The molecule has 0 aliphatic rings. The van der Waals surface area contributed by atoms with E-state index in [1.54, 1.807) is 11.3 Å². The molecule has 0 unspecified atom stereocenters. The zero-order chi connectivity index (χ0) is 21.5. The molecule has 0 N–H and O–H groups in total. The lowest BCUT2D eigenvalue weighted by molar-refractivity contribution is 1.08. The van der Waals surface area contributed by atoms with Crippen LogP contribution in [0.2, 0.25) is 0 Å². The second-order valence-electron chi connectivity index (χ2n) is 7.77. The molecule has 0 amide bonds. The Kier molecular flexibility index (Phi) is 4.51. The first-order chi connectivity index (χ1) is 15.8. The molecular formula is C28H19N3S. The highest BCUT2D eigenvalue weighted by Crippen LogP contribution is 2.41. The van der Waals surface area contributed by atoms with E-state index in [1.807, 2.05) is 60.7 Å².